The molecule has 3 aromatic rings. The number of H-pyrrole nitrogens is 1. The molecule has 1 aliphatic heterocycles. The Labute approximate surface area is 145 Å². The number of aromatic nitrogens is 1. The number of hydrogen-bond donors (Lipinski definition) is 1. The molecule has 1 unspecified atom stereocenters. The van der Waals surface area contributed by atoms with Crippen LogP contribution in [0.1, 0.15) is 17.2 Å². The lowest BCUT2D eigenvalue weighted by molar-refractivity contribution is -0.138. The quantitative estimate of drug-likeness (QED) is 0.795. The van der Waals surface area contributed by atoms with Crippen LogP contribution in [0.4, 0.5) is 4.39 Å². The number of nitrogens with zero attached hydrogens (tertiary/aromatic N) is 1. The minimum absolute atomic E-state index is 0.0643. The van der Waals surface area contributed by atoms with Gasteiger partial charge >= 0.3 is 0 Å². The van der Waals surface area contributed by atoms with Crippen LogP contribution in [-0.4, -0.2) is 35.5 Å². The molecule has 1 atom stereocenters. The van der Waals surface area contributed by atoms with E-state index in [4.69, 9.17) is 4.74 Å². The first-order valence-electron chi connectivity index (χ1n) is 8.40. The first-order valence-corrected chi connectivity index (χ1v) is 8.40. The minimum atomic E-state index is -0.286. The van der Waals surface area contributed by atoms with Crippen LogP contribution in [0.15, 0.2) is 54.7 Å². The second-order valence-corrected chi connectivity index (χ2v) is 6.29. The number of rotatable bonds is 3. The Morgan fingerprint density at radius 2 is 2.08 bits per heavy atom. The summed E-state index contributed by atoms with van der Waals surface area (Å²) >= 11 is 0. The zero-order valence-electron chi connectivity index (χ0n) is 13.7. The molecule has 4 nitrogen and oxygen atoms in total. The van der Waals surface area contributed by atoms with Crippen molar-refractivity contribution in [1.29, 1.82) is 0 Å². The van der Waals surface area contributed by atoms with Crippen LogP contribution in [0.3, 0.4) is 0 Å². The van der Waals surface area contributed by atoms with E-state index in [-0.39, 0.29) is 17.8 Å². The lowest BCUT2D eigenvalue weighted by atomic mass is 10.1. The van der Waals surface area contributed by atoms with Crippen molar-refractivity contribution in [3.8, 4) is 0 Å². The monoisotopic (exact) mass is 338 g/mol. The predicted octanol–water partition coefficient (Wildman–Crippen LogP) is 3.45. The molecule has 1 aliphatic rings. The second-order valence-electron chi connectivity index (χ2n) is 6.29. The number of amides is 1. The van der Waals surface area contributed by atoms with Crippen LogP contribution in [0.2, 0.25) is 0 Å². The number of hydrogen-bond acceptors (Lipinski definition) is 2. The molecule has 0 bridgehead atoms. The summed E-state index contributed by atoms with van der Waals surface area (Å²) in [5.74, 6) is -0.222. The molecule has 1 N–H and O–H groups in total. The van der Waals surface area contributed by atoms with Crippen molar-refractivity contribution in [2.45, 2.75) is 12.5 Å². The summed E-state index contributed by atoms with van der Waals surface area (Å²) in [6.07, 6.45) is 2.00. The van der Waals surface area contributed by atoms with Crippen molar-refractivity contribution in [1.82, 2.24) is 9.88 Å². The van der Waals surface area contributed by atoms with E-state index in [9.17, 15) is 9.18 Å². The van der Waals surface area contributed by atoms with Crippen LogP contribution in [0.5, 0.6) is 0 Å². The summed E-state index contributed by atoms with van der Waals surface area (Å²) in [7, 11) is 0. The standard InChI is InChI=1S/C20H19FN2O2/c21-16-6-7-17-15(12-22-18(17)11-16)10-20(24)23-8-9-25-19(13-23)14-4-2-1-3-5-14/h1-7,11-12,19,22H,8-10,13H2. The van der Waals surface area contributed by atoms with E-state index in [0.717, 1.165) is 16.5 Å². The van der Waals surface area contributed by atoms with E-state index in [1.54, 1.807) is 12.3 Å². The highest BCUT2D eigenvalue weighted by atomic mass is 19.1. The molecule has 2 aromatic carbocycles. The van der Waals surface area contributed by atoms with E-state index in [1.165, 1.54) is 12.1 Å². The van der Waals surface area contributed by atoms with Gasteiger partial charge in [-0.15, -0.1) is 0 Å². The van der Waals surface area contributed by atoms with Crippen molar-refractivity contribution in [3.63, 3.8) is 0 Å². The van der Waals surface area contributed by atoms with E-state index < -0.39 is 0 Å². The molecule has 1 fully saturated rings. The van der Waals surface area contributed by atoms with Gasteiger partial charge in [-0.3, -0.25) is 4.79 Å². The summed E-state index contributed by atoms with van der Waals surface area (Å²) in [6.45, 7) is 1.68. The molecule has 0 spiro atoms. The van der Waals surface area contributed by atoms with Crippen molar-refractivity contribution in [3.05, 3.63) is 71.7 Å². The Balaban J connectivity index is 1.48. The highest BCUT2D eigenvalue weighted by Gasteiger charge is 2.25. The third-order valence-electron chi connectivity index (χ3n) is 4.66. The molecule has 0 radical (unpaired) electrons. The molecule has 0 aliphatic carbocycles. The fourth-order valence-electron chi connectivity index (χ4n) is 3.32. The molecule has 1 amide bonds. The van der Waals surface area contributed by atoms with Crippen LogP contribution >= 0.6 is 0 Å². The van der Waals surface area contributed by atoms with Gasteiger partial charge in [-0.1, -0.05) is 30.3 Å². The zero-order chi connectivity index (χ0) is 17.2. The van der Waals surface area contributed by atoms with Gasteiger partial charge < -0.3 is 14.6 Å². The van der Waals surface area contributed by atoms with Gasteiger partial charge in [-0.25, -0.2) is 4.39 Å². The average Bonchev–Trinajstić information content (AvgIpc) is 3.04. The van der Waals surface area contributed by atoms with E-state index in [0.29, 0.717) is 31.6 Å². The molecule has 5 heteroatoms. The largest absolute Gasteiger partial charge is 0.370 e. The number of aromatic amines is 1. The Morgan fingerprint density at radius 1 is 1.24 bits per heavy atom. The van der Waals surface area contributed by atoms with Crippen molar-refractivity contribution in [2.24, 2.45) is 0 Å². The van der Waals surface area contributed by atoms with E-state index in [2.05, 4.69) is 4.98 Å². The normalized spacial score (nSPS) is 17.8. The maximum Gasteiger partial charge on any atom is 0.227 e. The van der Waals surface area contributed by atoms with Crippen molar-refractivity contribution < 1.29 is 13.9 Å². The minimum Gasteiger partial charge on any atom is -0.370 e. The van der Waals surface area contributed by atoms with Crippen LogP contribution in [-0.2, 0) is 16.0 Å². The smallest absolute Gasteiger partial charge is 0.227 e. The number of nitrogens with one attached hydrogen (secondary N) is 1. The Hall–Kier alpha value is -2.66. The number of fused-ring (bicyclic) bond motifs is 1. The second kappa shape index (κ2) is 6.69. The summed E-state index contributed by atoms with van der Waals surface area (Å²) < 4.78 is 19.1. The van der Waals surface area contributed by atoms with Gasteiger partial charge in [0.05, 0.1) is 19.6 Å². The van der Waals surface area contributed by atoms with Gasteiger partial charge in [0.25, 0.3) is 0 Å². The summed E-state index contributed by atoms with van der Waals surface area (Å²) in [5.41, 5.74) is 2.69. The predicted molar refractivity (Wildman–Crippen MR) is 93.7 cm³/mol. The summed E-state index contributed by atoms with van der Waals surface area (Å²) in [4.78, 5) is 17.6. The van der Waals surface area contributed by atoms with Gasteiger partial charge in [0.2, 0.25) is 5.91 Å². The highest BCUT2D eigenvalue weighted by Crippen LogP contribution is 2.24. The van der Waals surface area contributed by atoms with Gasteiger partial charge in [-0.05, 0) is 29.3 Å². The molecule has 0 saturated carbocycles. The maximum absolute atomic E-state index is 13.3. The van der Waals surface area contributed by atoms with Crippen LogP contribution < -0.4 is 0 Å². The number of carbonyl (C=O) groups excluding carboxylic acids is 1. The first-order chi connectivity index (χ1) is 12.2. The summed E-state index contributed by atoms with van der Waals surface area (Å²) in [5, 5.41) is 0.891. The molecule has 2 heterocycles. The topological polar surface area (TPSA) is 45.3 Å². The third-order valence-corrected chi connectivity index (χ3v) is 4.66. The van der Waals surface area contributed by atoms with Gasteiger partial charge in [0, 0.05) is 23.6 Å². The van der Waals surface area contributed by atoms with Crippen molar-refractivity contribution >= 4 is 16.8 Å². The van der Waals surface area contributed by atoms with Crippen LogP contribution in [0, 0.1) is 5.82 Å². The summed E-state index contributed by atoms with van der Waals surface area (Å²) in [6, 6.07) is 14.5. The molecule has 4 rings (SSSR count). The third kappa shape index (κ3) is 3.28. The number of morpholine rings is 1. The number of ether oxygens (including phenoxy) is 1. The van der Waals surface area contributed by atoms with Crippen molar-refractivity contribution in [2.75, 3.05) is 19.7 Å². The molecule has 1 aromatic heterocycles. The molecule has 25 heavy (non-hydrogen) atoms. The van der Waals surface area contributed by atoms with Gasteiger partial charge in [-0.2, -0.15) is 0 Å². The van der Waals surface area contributed by atoms with Crippen LogP contribution in [0.25, 0.3) is 10.9 Å². The average molecular weight is 338 g/mol. The van der Waals surface area contributed by atoms with E-state index >= 15 is 0 Å². The van der Waals surface area contributed by atoms with Gasteiger partial charge in [0.15, 0.2) is 0 Å². The Kier molecular flexibility index (Phi) is 4.24. The highest BCUT2D eigenvalue weighted by molar-refractivity contribution is 5.89. The molecular formula is C20H19FN2O2. The zero-order valence-corrected chi connectivity index (χ0v) is 13.7. The first kappa shape index (κ1) is 15.8. The number of carbonyl (C=O) groups is 1. The SMILES string of the molecule is O=C(Cc1c[nH]c2cc(F)ccc12)N1CCOC(c2ccccc2)C1. The molecule has 128 valence electrons. The number of benzene rings is 2. The fraction of sp³-hybridized carbons (Fsp3) is 0.250. The van der Waals surface area contributed by atoms with E-state index in [1.807, 2.05) is 35.2 Å². The Morgan fingerprint density at radius 3 is 2.92 bits per heavy atom. The fourth-order valence-corrected chi connectivity index (χ4v) is 3.32. The molecule has 1 saturated heterocycles. The Bertz CT molecular complexity index is 891. The lowest BCUT2D eigenvalue weighted by Gasteiger charge is -2.33. The lowest BCUT2D eigenvalue weighted by Crippen LogP contribution is -2.42. The number of halogens is 1. The molecular weight excluding hydrogens is 319 g/mol. The maximum atomic E-state index is 13.3. The van der Waals surface area contributed by atoms with Gasteiger partial charge in [0.1, 0.15) is 11.9 Å².